The monoisotopic (exact) mass is 525 g/mol. The number of rotatable bonds is 11. The molecule has 0 aliphatic heterocycles. The number of carboxylic acids is 1. The molecular formula is C27H31N3O6S. The van der Waals surface area contributed by atoms with Crippen molar-refractivity contribution in [1.82, 2.24) is 14.6 Å². The van der Waals surface area contributed by atoms with Gasteiger partial charge in [-0.2, -0.15) is 4.31 Å². The molecule has 9 nitrogen and oxygen atoms in total. The first-order valence-corrected chi connectivity index (χ1v) is 13.6. The van der Waals surface area contributed by atoms with E-state index in [1.165, 1.54) is 4.31 Å². The van der Waals surface area contributed by atoms with Crippen LogP contribution in [0.3, 0.4) is 0 Å². The number of fused-ring (bicyclic) bond motifs is 1. The summed E-state index contributed by atoms with van der Waals surface area (Å²) in [6, 6.07) is 9.67. The van der Waals surface area contributed by atoms with Crippen LogP contribution in [0.4, 0.5) is 0 Å². The molecular weight excluding hydrogens is 494 g/mol. The molecule has 2 aliphatic carbocycles. The Bertz CT molecular complexity index is 1380. The zero-order valence-corrected chi connectivity index (χ0v) is 21.8. The number of benzene rings is 1. The zero-order chi connectivity index (χ0) is 26.3. The van der Waals surface area contributed by atoms with Gasteiger partial charge in [0.1, 0.15) is 5.76 Å². The second-order valence-electron chi connectivity index (χ2n) is 10.2. The van der Waals surface area contributed by atoms with Crippen LogP contribution in [0.25, 0.3) is 22.4 Å². The number of hydrogen-bond acceptors (Lipinski definition) is 5. The van der Waals surface area contributed by atoms with E-state index in [1.807, 2.05) is 37.3 Å². The molecule has 2 aromatic heterocycles. The minimum Gasteiger partial charge on any atom is -0.481 e. The highest BCUT2D eigenvalue weighted by molar-refractivity contribution is 7.76. The van der Waals surface area contributed by atoms with Crippen LogP contribution in [0.1, 0.15) is 71.6 Å². The van der Waals surface area contributed by atoms with E-state index in [4.69, 9.17) is 9.40 Å². The molecule has 1 amide bonds. The number of pyridine rings is 1. The number of carbonyl (C=O) groups excluding carboxylic acids is 1. The summed E-state index contributed by atoms with van der Waals surface area (Å²) in [7, 11) is 1.58. The Morgan fingerprint density at radius 3 is 2.51 bits per heavy atom. The van der Waals surface area contributed by atoms with E-state index in [1.54, 1.807) is 7.05 Å². The molecule has 10 heteroatoms. The lowest BCUT2D eigenvalue weighted by molar-refractivity contribution is -0.143. The highest BCUT2D eigenvalue weighted by atomic mass is 32.2. The van der Waals surface area contributed by atoms with Crippen molar-refractivity contribution < 1.29 is 27.9 Å². The van der Waals surface area contributed by atoms with Gasteiger partial charge in [0.05, 0.1) is 28.6 Å². The number of aromatic nitrogens is 1. The van der Waals surface area contributed by atoms with Gasteiger partial charge in [0.15, 0.2) is 0 Å². The highest BCUT2D eigenvalue weighted by Crippen LogP contribution is 2.50. The number of nitrogens with zero attached hydrogens (tertiary/aromatic N) is 2. The standard InChI is InChI=1S/C27H31N3O6S/c1-16-4-6-18(7-5-16)23-22(24(31)28-2)20-14-19(17-8-9-17)21(29-25(20)36-23)15-30(37(34)35)13-3-10-27(11-12-27)26(32)33/h4-7,14,17H,3,8-13,15H2,1-2H3,(H,28,31)(H,32,33)(H,34,35). The second-order valence-corrected chi connectivity index (χ2v) is 11.2. The van der Waals surface area contributed by atoms with Crippen molar-refractivity contribution in [2.24, 2.45) is 5.41 Å². The molecule has 2 aliphatic rings. The molecule has 196 valence electrons. The van der Waals surface area contributed by atoms with Crippen molar-refractivity contribution in [2.45, 2.75) is 57.9 Å². The molecule has 2 saturated carbocycles. The van der Waals surface area contributed by atoms with E-state index < -0.39 is 22.7 Å². The Morgan fingerprint density at radius 1 is 1.24 bits per heavy atom. The third-order valence-electron chi connectivity index (χ3n) is 7.50. The van der Waals surface area contributed by atoms with E-state index >= 15 is 0 Å². The maximum Gasteiger partial charge on any atom is 0.309 e. The number of carbonyl (C=O) groups is 2. The largest absolute Gasteiger partial charge is 0.481 e. The summed E-state index contributed by atoms with van der Waals surface area (Å²) in [6.07, 6.45) is 4.27. The fourth-order valence-corrected chi connectivity index (χ4v) is 5.42. The topological polar surface area (TPSA) is 133 Å². The van der Waals surface area contributed by atoms with Gasteiger partial charge in [-0.1, -0.05) is 29.8 Å². The van der Waals surface area contributed by atoms with Gasteiger partial charge < -0.3 is 14.8 Å². The molecule has 0 radical (unpaired) electrons. The van der Waals surface area contributed by atoms with Gasteiger partial charge in [-0.25, -0.2) is 9.19 Å². The molecule has 1 atom stereocenters. The third kappa shape index (κ3) is 5.18. The van der Waals surface area contributed by atoms with Crippen LogP contribution in [0.2, 0.25) is 0 Å². The van der Waals surface area contributed by atoms with E-state index in [-0.39, 0.29) is 24.9 Å². The van der Waals surface area contributed by atoms with Crippen molar-refractivity contribution in [1.29, 1.82) is 0 Å². The minimum absolute atomic E-state index is 0.126. The Balaban J connectivity index is 1.49. The Hall–Kier alpha value is -3.08. The summed E-state index contributed by atoms with van der Waals surface area (Å²) in [5.74, 6) is -0.345. The lowest BCUT2D eigenvalue weighted by atomic mass is 10.0. The fourth-order valence-electron chi connectivity index (χ4n) is 4.90. The molecule has 1 aromatic carbocycles. The van der Waals surface area contributed by atoms with Crippen molar-refractivity contribution in [3.63, 3.8) is 0 Å². The Labute approximate surface area is 217 Å². The summed E-state index contributed by atoms with van der Waals surface area (Å²) in [5, 5.41) is 12.7. The predicted molar refractivity (Wildman–Crippen MR) is 139 cm³/mol. The fraction of sp³-hybridized carbons (Fsp3) is 0.444. The highest BCUT2D eigenvalue weighted by Gasteiger charge is 2.49. The summed E-state index contributed by atoms with van der Waals surface area (Å²) in [5.41, 5.74) is 3.51. The minimum atomic E-state index is -2.25. The van der Waals surface area contributed by atoms with Crippen molar-refractivity contribution >= 4 is 34.2 Å². The predicted octanol–water partition coefficient (Wildman–Crippen LogP) is 4.62. The smallest absolute Gasteiger partial charge is 0.309 e. The molecule has 3 aromatic rings. The van der Waals surface area contributed by atoms with Crippen LogP contribution in [-0.4, -0.2) is 48.6 Å². The maximum absolute atomic E-state index is 12.9. The summed E-state index contributed by atoms with van der Waals surface area (Å²) >= 11 is -2.25. The Morgan fingerprint density at radius 2 is 1.95 bits per heavy atom. The number of aryl methyl sites for hydroxylation is 1. The van der Waals surface area contributed by atoms with Crippen LogP contribution in [0, 0.1) is 12.3 Å². The van der Waals surface area contributed by atoms with Gasteiger partial charge in [-0.05, 0) is 63.0 Å². The van der Waals surface area contributed by atoms with Crippen LogP contribution in [0.5, 0.6) is 0 Å². The molecule has 0 bridgehead atoms. The average molecular weight is 526 g/mol. The molecule has 0 saturated heterocycles. The lowest BCUT2D eigenvalue weighted by Crippen LogP contribution is -2.28. The molecule has 5 rings (SSSR count). The molecule has 3 N–H and O–H groups in total. The Kier molecular flexibility index (Phi) is 6.91. The van der Waals surface area contributed by atoms with Gasteiger partial charge >= 0.3 is 5.97 Å². The van der Waals surface area contributed by atoms with E-state index in [2.05, 4.69) is 5.32 Å². The number of nitrogens with one attached hydrogen (secondary N) is 1. The summed E-state index contributed by atoms with van der Waals surface area (Å²) in [6.45, 7) is 2.39. The summed E-state index contributed by atoms with van der Waals surface area (Å²) < 4.78 is 29.7. The first kappa shape index (κ1) is 25.6. The van der Waals surface area contributed by atoms with Crippen molar-refractivity contribution in [3.05, 3.63) is 52.7 Å². The third-order valence-corrected chi connectivity index (χ3v) is 8.25. The number of aliphatic carboxylic acids is 1. The first-order valence-electron chi connectivity index (χ1n) is 12.6. The number of furan rings is 1. The molecule has 2 fully saturated rings. The van der Waals surface area contributed by atoms with Crippen LogP contribution < -0.4 is 5.32 Å². The average Bonchev–Trinajstić information content (AvgIpc) is 3.80. The van der Waals surface area contributed by atoms with Gasteiger partial charge in [0.25, 0.3) is 5.91 Å². The van der Waals surface area contributed by atoms with Gasteiger partial charge in [-0.15, -0.1) is 0 Å². The van der Waals surface area contributed by atoms with Gasteiger partial charge in [0.2, 0.25) is 17.0 Å². The molecule has 1 unspecified atom stereocenters. The van der Waals surface area contributed by atoms with Gasteiger partial charge in [-0.3, -0.25) is 14.1 Å². The number of carboxylic acid groups (broad SMARTS) is 1. The number of hydrogen-bond donors (Lipinski definition) is 3. The van der Waals surface area contributed by atoms with Crippen molar-refractivity contribution in [3.8, 4) is 11.3 Å². The first-order chi connectivity index (χ1) is 17.7. The van der Waals surface area contributed by atoms with Crippen LogP contribution >= 0.6 is 0 Å². The molecule has 37 heavy (non-hydrogen) atoms. The van der Waals surface area contributed by atoms with Gasteiger partial charge in [0, 0.05) is 19.2 Å². The normalized spacial score (nSPS) is 17.2. The van der Waals surface area contributed by atoms with E-state index in [0.29, 0.717) is 53.8 Å². The van der Waals surface area contributed by atoms with E-state index in [9.17, 15) is 23.5 Å². The van der Waals surface area contributed by atoms with E-state index in [0.717, 1.165) is 29.5 Å². The second kappa shape index (κ2) is 10.00. The molecule has 2 heterocycles. The quantitative estimate of drug-likeness (QED) is 0.311. The molecule has 0 spiro atoms. The zero-order valence-electron chi connectivity index (χ0n) is 21.0. The van der Waals surface area contributed by atoms with Crippen LogP contribution in [0.15, 0.2) is 34.7 Å². The lowest BCUT2D eigenvalue weighted by Gasteiger charge is -2.20. The SMILES string of the molecule is CNC(=O)c1c(-c2ccc(C)cc2)oc2nc(CN(CCCC3(C(=O)O)CC3)S(=O)O)c(C3CC3)cc12. The maximum atomic E-state index is 12.9. The summed E-state index contributed by atoms with van der Waals surface area (Å²) in [4.78, 5) is 29.2. The van der Waals surface area contributed by atoms with Crippen LogP contribution in [-0.2, 0) is 22.6 Å². The van der Waals surface area contributed by atoms with Crippen molar-refractivity contribution in [2.75, 3.05) is 13.6 Å². The number of amides is 1.